The van der Waals surface area contributed by atoms with Gasteiger partial charge in [0.2, 0.25) is 0 Å². The lowest BCUT2D eigenvalue weighted by atomic mass is 9.97. The van der Waals surface area contributed by atoms with Crippen molar-refractivity contribution < 1.29 is 14.6 Å². The van der Waals surface area contributed by atoms with E-state index in [1.165, 1.54) is 6.08 Å². The van der Waals surface area contributed by atoms with Gasteiger partial charge >= 0.3 is 5.97 Å². The first kappa shape index (κ1) is 12.9. The van der Waals surface area contributed by atoms with Gasteiger partial charge in [0, 0.05) is 6.08 Å². The van der Waals surface area contributed by atoms with Crippen LogP contribution in [-0.4, -0.2) is 18.2 Å². The quantitative estimate of drug-likeness (QED) is 0.852. The van der Waals surface area contributed by atoms with Crippen LogP contribution in [0.2, 0.25) is 0 Å². The summed E-state index contributed by atoms with van der Waals surface area (Å²) in [6, 6.07) is 16.8. The van der Waals surface area contributed by atoms with Crippen molar-refractivity contribution >= 4 is 11.5 Å². The van der Waals surface area contributed by atoms with Gasteiger partial charge in [-0.15, -0.1) is 0 Å². The Morgan fingerprint density at radius 2 is 1.58 bits per heavy atom. The summed E-state index contributed by atoms with van der Waals surface area (Å²) in [6.07, 6.45) is 1.22. The molecule has 19 heavy (non-hydrogen) atoms. The van der Waals surface area contributed by atoms with Gasteiger partial charge in [0.05, 0.1) is 7.11 Å². The predicted molar refractivity (Wildman–Crippen MR) is 74.2 cm³/mol. The van der Waals surface area contributed by atoms with Crippen LogP contribution in [-0.2, 0) is 4.79 Å². The molecule has 0 saturated carbocycles. The van der Waals surface area contributed by atoms with Crippen molar-refractivity contribution in [3.05, 3.63) is 71.8 Å². The minimum atomic E-state index is -0.963. The van der Waals surface area contributed by atoms with E-state index in [2.05, 4.69) is 0 Å². The number of rotatable bonds is 4. The van der Waals surface area contributed by atoms with E-state index in [1.807, 2.05) is 54.6 Å². The monoisotopic (exact) mass is 254 g/mol. The first-order valence-electron chi connectivity index (χ1n) is 5.85. The molecule has 2 aromatic carbocycles. The molecule has 0 aliphatic carbocycles. The van der Waals surface area contributed by atoms with E-state index in [1.54, 1.807) is 7.11 Å². The second kappa shape index (κ2) is 5.87. The van der Waals surface area contributed by atoms with Crippen molar-refractivity contribution in [2.45, 2.75) is 0 Å². The molecular formula is C16H14O3. The summed E-state index contributed by atoms with van der Waals surface area (Å²) in [6.45, 7) is 0. The van der Waals surface area contributed by atoms with Crippen molar-refractivity contribution in [2.24, 2.45) is 0 Å². The maximum absolute atomic E-state index is 11.0. The van der Waals surface area contributed by atoms with Gasteiger partial charge in [-0.1, -0.05) is 42.5 Å². The second-order valence-corrected chi connectivity index (χ2v) is 3.99. The van der Waals surface area contributed by atoms with E-state index in [9.17, 15) is 4.79 Å². The molecule has 0 aliphatic heterocycles. The number of ether oxygens (including phenoxy) is 1. The third-order valence-corrected chi connectivity index (χ3v) is 2.75. The van der Waals surface area contributed by atoms with E-state index in [0.29, 0.717) is 5.57 Å². The molecule has 0 radical (unpaired) electrons. The zero-order valence-electron chi connectivity index (χ0n) is 10.5. The molecule has 3 heteroatoms. The zero-order valence-corrected chi connectivity index (χ0v) is 10.5. The van der Waals surface area contributed by atoms with Crippen molar-refractivity contribution in [3.8, 4) is 5.75 Å². The fraction of sp³-hybridized carbons (Fsp3) is 0.0625. The fourth-order valence-electron chi connectivity index (χ4n) is 1.85. The van der Waals surface area contributed by atoms with Gasteiger partial charge in [0.15, 0.2) is 0 Å². The number of methoxy groups -OCH3 is 1. The summed E-state index contributed by atoms with van der Waals surface area (Å²) in [5.74, 6) is -0.221. The van der Waals surface area contributed by atoms with Crippen LogP contribution in [0.5, 0.6) is 5.75 Å². The van der Waals surface area contributed by atoms with Crippen molar-refractivity contribution in [1.29, 1.82) is 0 Å². The number of carboxylic acids is 1. The lowest BCUT2D eigenvalue weighted by molar-refractivity contribution is -0.131. The third-order valence-electron chi connectivity index (χ3n) is 2.75. The Morgan fingerprint density at radius 3 is 2.11 bits per heavy atom. The maximum atomic E-state index is 11.0. The van der Waals surface area contributed by atoms with Gasteiger partial charge in [-0.3, -0.25) is 0 Å². The standard InChI is InChI=1S/C16H14O3/c1-19-14-9-7-13(8-10-14)15(11-16(17)18)12-5-3-2-4-6-12/h2-11H,1H3,(H,17,18)/b15-11+. The van der Waals surface area contributed by atoms with Crippen LogP contribution < -0.4 is 4.74 Å². The Kier molecular flexibility index (Phi) is 3.98. The summed E-state index contributed by atoms with van der Waals surface area (Å²) >= 11 is 0. The molecule has 0 bridgehead atoms. The van der Waals surface area contributed by atoms with E-state index >= 15 is 0 Å². The topological polar surface area (TPSA) is 46.5 Å². The van der Waals surface area contributed by atoms with Gasteiger partial charge in [0.25, 0.3) is 0 Å². The molecule has 2 rings (SSSR count). The smallest absolute Gasteiger partial charge is 0.328 e. The van der Waals surface area contributed by atoms with Crippen LogP contribution in [0.25, 0.3) is 5.57 Å². The summed E-state index contributed by atoms with van der Waals surface area (Å²) in [5, 5.41) is 9.01. The highest BCUT2D eigenvalue weighted by Crippen LogP contribution is 2.25. The summed E-state index contributed by atoms with van der Waals surface area (Å²) in [4.78, 5) is 11.0. The van der Waals surface area contributed by atoms with Crippen LogP contribution >= 0.6 is 0 Å². The molecule has 96 valence electrons. The van der Waals surface area contributed by atoms with Crippen LogP contribution in [0, 0.1) is 0 Å². The summed E-state index contributed by atoms with van der Waals surface area (Å²) in [5.41, 5.74) is 2.39. The summed E-state index contributed by atoms with van der Waals surface area (Å²) in [7, 11) is 1.60. The number of carbonyl (C=O) groups is 1. The molecule has 0 saturated heterocycles. The predicted octanol–water partition coefficient (Wildman–Crippen LogP) is 3.21. The SMILES string of the molecule is COc1ccc(/C(=C/C(=O)O)c2ccccc2)cc1. The minimum Gasteiger partial charge on any atom is -0.497 e. The van der Waals surface area contributed by atoms with E-state index in [-0.39, 0.29) is 0 Å². The third kappa shape index (κ3) is 3.22. The van der Waals surface area contributed by atoms with Gasteiger partial charge in [0.1, 0.15) is 5.75 Å². The van der Waals surface area contributed by atoms with Gasteiger partial charge in [-0.05, 0) is 28.8 Å². The molecule has 0 atom stereocenters. The average molecular weight is 254 g/mol. The van der Waals surface area contributed by atoms with Crippen LogP contribution in [0.3, 0.4) is 0 Å². The lowest BCUT2D eigenvalue weighted by Crippen LogP contribution is -1.95. The molecule has 1 N–H and O–H groups in total. The maximum Gasteiger partial charge on any atom is 0.328 e. The van der Waals surface area contributed by atoms with Crippen molar-refractivity contribution in [3.63, 3.8) is 0 Å². The lowest BCUT2D eigenvalue weighted by Gasteiger charge is -2.08. The number of hydrogen-bond donors (Lipinski definition) is 1. The minimum absolute atomic E-state index is 0.677. The first-order chi connectivity index (χ1) is 9.20. The molecular weight excluding hydrogens is 240 g/mol. The van der Waals surface area contributed by atoms with Gasteiger partial charge in [-0.25, -0.2) is 4.79 Å². The highest BCUT2D eigenvalue weighted by Gasteiger charge is 2.07. The van der Waals surface area contributed by atoms with E-state index in [4.69, 9.17) is 9.84 Å². The van der Waals surface area contributed by atoms with Gasteiger partial charge in [-0.2, -0.15) is 0 Å². The van der Waals surface area contributed by atoms with Crippen molar-refractivity contribution in [1.82, 2.24) is 0 Å². The van der Waals surface area contributed by atoms with Crippen LogP contribution in [0.1, 0.15) is 11.1 Å². The van der Waals surface area contributed by atoms with Crippen LogP contribution in [0.15, 0.2) is 60.7 Å². The Morgan fingerprint density at radius 1 is 1.00 bits per heavy atom. The second-order valence-electron chi connectivity index (χ2n) is 3.99. The molecule has 0 fully saturated rings. The van der Waals surface area contributed by atoms with E-state index < -0.39 is 5.97 Å². The number of hydrogen-bond acceptors (Lipinski definition) is 2. The highest BCUT2D eigenvalue weighted by molar-refractivity contribution is 5.95. The van der Waals surface area contributed by atoms with E-state index in [0.717, 1.165) is 16.9 Å². The largest absolute Gasteiger partial charge is 0.497 e. The molecule has 0 aliphatic rings. The Hall–Kier alpha value is -2.55. The average Bonchev–Trinajstić information content (AvgIpc) is 2.46. The highest BCUT2D eigenvalue weighted by atomic mass is 16.5. The molecule has 0 heterocycles. The Labute approximate surface area is 111 Å². The number of aliphatic carboxylic acids is 1. The molecule has 0 spiro atoms. The Bertz CT molecular complexity index is 583. The van der Waals surface area contributed by atoms with Gasteiger partial charge < -0.3 is 9.84 Å². The molecule has 0 amide bonds. The molecule has 0 unspecified atom stereocenters. The number of benzene rings is 2. The molecule has 3 nitrogen and oxygen atoms in total. The zero-order chi connectivity index (χ0) is 13.7. The van der Waals surface area contributed by atoms with Crippen molar-refractivity contribution in [2.75, 3.05) is 7.11 Å². The number of carboxylic acid groups (broad SMARTS) is 1. The van der Waals surface area contributed by atoms with Crippen LogP contribution in [0.4, 0.5) is 0 Å². The molecule has 0 aromatic heterocycles. The Balaban J connectivity index is 2.46. The summed E-state index contributed by atoms with van der Waals surface area (Å²) < 4.78 is 5.10. The molecule has 2 aromatic rings. The fourth-order valence-corrected chi connectivity index (χ4v) is 1.85. The normalized spacial score (nSPS) is 11.1. The first-order valence-corrected chi connectivity index (χ1v) is 5.85.